The van der Waals surface area contributed by atoms with Crippen LogP contribution in [-0.2, 0) is 0 Å². The van der Waals surface area contributed by atoms with Crippen LogP contribution in [0.4, 0.5) is 5.69 Å². The van der Waals surface area contributed by atoms with Crippen molar-refractivity contribution in [2.75, 3.05) is 5.32 Å². The summed E-state index contributed by atoms with van der Waals surface area (Å²) in [5, 5.41) is 3.59. The summed E-state index contributed by atoms with van der Waals surface area (Å²) in [4.78, 5) is 27.6. The van der Waals surface area contributed by atoms with Gasteiger partial charge in [0.15, 0.2) is 0 Å². The number of aromatic nitrogens is 1. The lowest BCUT2D eigenvalue weighted by atomic mass is 10.1. The standard InChI is InChI=1S/C16H11BrN2O3/c1-9-4-15(20)22-14-6-12(2-3-13(9)14)19-16(21)10-5-11(17)8-18-7-10/h2-8H,1H3,(H,19,21). The molecule has 22 heavy (non-hydrogen) atoms. The van der Waals surface area contributed by atoms with Crippen LogP contribution in [0.25, 0.3) is 11.0 Å². The van der Waals surface area contributed by atoms with Gasteiger partial charge in [-0.3, -0.25) is 9.78 Å². The number of hydrogen-bond donors (Lipinski definition) is 1. The molecule has 0 atom stereocenters. The second-order valence-electron chi connectivity index (χ2n) is 4.81. The first-order chi connectivity index (χ1) is 10.5. The van der Waals surface area contributed by atoms with E-state index in [-0.39, 0.29) is 5.91 Å². The number of nitrogens with zero attached hydrogens (tertiary/aromatic N) is 1. The topological polar surface area (TPSA) is 72.2 Å². The molecule has 2 aromatic heterocycles. The number of carbonyl (C=O) groups excluding carboxylic acids is 1. The lowest BCUT2D eigenvalue weighted by Gasteiger charge is -2.07. The van der Waals surface area contributed by atoms with Gasteiger partial charge >= 0.3 is 5.63 Å². The minimum atomic E-state index is -0.412. The highest BCUT2D eigenvalue weighted by Crippen LogP contribution is 2.21. The van der Waals surface area contributed by atoms with Gasteiger partial charge in [-0.1, -0.05) is 0 Å². The van der Waals surface area contributed by atoms with Gasteiger partial charge in [0.1, 0.15) is 5.58 Å². The Morgan fingerprint density at radius 3 is 2.82 bits per heavy atom. The average Bonchev–Trinajstić information content (AvgIpc) is 2.46. The van der Waals surface area contributed by atoms with E-state index in [0.717, 1.165) is 15.4 Å². The molecule has 0 fully saturated rings. The Morgan fingerprint density at radius 2 is 2.05 bits per heavy atom. The third kappa shape index (κ3) is 2.92. The fourth-order valence-corrected chi connectivity index (χ4v) is 2.51. The van der Waals surface area contributed by atoms with E-state index >= 15 is 0 Å². The molecular weight excluding hydrogens is 348 g/mol. The Hall–Kier alpha value is -2.47. The zero-order chi connectivity index (χ0) is 15.7. The minimum Gasteiger partial charge on any atom is -0.423 e. The molecule has 0 aliphatic rings. The normalized spacial score (nSPS) is 10.6. The molecule has 6 heteroatoms. The minimum absolute atomic E-state index is 0.289. The monoisotopic (exact) mass is 358 g/mol. The van der Waals surface area contributed by atoms with Crippen LogP contribution in [-0.4, -0.2) is 10.9 Å². The molecule has 0 aliphatic carbocycles. The van der Waals surface area contributed by atoms with E-state index in [0.29, 0.717) is 16.8 Å². The number of pyridine rings is 1. The van der Waals surface area contributed by atoms with Gasteiger partial charge in [-0.25, -0.2) is 4.79 Å². The summed E-state index contributed by atoms with van der Waals surface area (Å²) in [6.45, 7) is 1.84. The fraction of sp³-hybridized carbons (Fsp3) is 0.0625. The lowest BCUT2D eigenvalue weighted by molar-refractivity contribution is 0.102. The van der Waals surface area contributed by atoms with Crippen molar-refractivity contribution in [1.82, 2.24) is 4.98 Å². The van der Waals surface area contributed by atoms with Gasteiger partial charge in [0, 0.05) is 40.1 Å². The SMILES string of the molecule is Cc1cc(=O)oc2cc(NC(=O)c3cncc(Br)c3)ccc12. The van der Waals surface area contributed by atoms with Crippen LogP contribution in [0.2, 0.25) is 0 Å². The number of anilines is 1. The number of nitrogens with one attached hydrogen (secondary N) is 1. The largest absolute Gasteiger partial charge is 0.423 e. The van der Waals surface area contributed by atoms with Crippen LogP contribution in [0.3, 0.4) is 0 Å². The third-order valence-electron chi connectivity index (χ3n) is 3.18. The van der Waals surface area contributed by atoms with Crippen LogP contribution in [0, 0.1) is 6.92 Å². The van der Waals surface area contributed by atoms with Crippen molar-refractivity contribution >= 4 is 38.5 Å². The van der Waals surface area contributed by atoms with Gasteiger partial charge in [0.25, 0.3) is 5.91 Å². The van der Waals surface area contributed by atoms with Gasteiger partial charge in [-0.15, -0.1) is 0 Å². The maximum atomic E-state index is 12.2. The first kappa shape index (κ1) is 14.5. The summed E-state index contributed by atoms with van der Waals surface area (Å²) in [5.41, 5.74) is 1.84. The summed E-state index contributed by atoms with van der Waals surface area (Å²) in [5.74, 6) is -0.289. The summed E-state index contributed by atoms with van der Waals surface area (Å²) in [7, 11) is 0. The summed E-state index contributed by atoms with van der Waals surface area (Å²) < 4.78 is 5.89. The molecule has 0 saturated heterocycles. The molecule has 110 valence electrons. The summed E-state index contributed by atoms with van der Waals surface area (Å²) in [6, 6.07) is 8.31. The Bertz CT molecular complexity index is 934. The van der Waals surface area contributed by atoms with E-state index < -0.39 is 5.63 Å². The maximum Gasteiger partial charge on any atom is 0.336 e. The highest BCUT2D eigenvalue weighted by atomic mass is 79.9. The molecule has 3 rings (SSSR count). The number of aryl methyl sites for hydroxylation is 1. The predicted octanol–water partition coefficient (Wildman–Crippen LogP) is 3.51. The van der Waals surface area contributed by atoms with Crippen molar-refractivity contribution in [2.45, 2.75) is 6.92 Å². The molecule has 1 amide bonds. The van der Waals surface area contributed by atoms with Crippen LogP contribution in [0.15, 0.2) is 56.4 Å². The number of fused-ring (bicyclic) bond motifs is 1. The molecule has 0 unspecified atom stereocenters. The molecule has 0 bridgehead atoms. The summed E-state index contributed by atoms with van der Waals surface area (Å²) in [6.07, 6.45) is 3.08. The van der Waals surface area contributed by atoms with Crippen LogP contribution in [0.1, 0.15) is 15.9 Å². The molecule has 0 spiro atoms. The number of amides is 1. The zero-order valence-corrected chi connectivity index (χ0v) is 13.2. The zero-order valence-electron chi connectivity index (χ0n) is 11.6. The highest BCUT2D eigenvalue weighted by Gasteiger charge is 2.09. The highest BCUT2D eigenvalue weighted by molar-refractivity contribution is 9.10. The van der Waals surface area contributed by atoms with Crippen molar-refractivity contribution in [1.29, 1.82) is 0 Å². The Balaban J connectivity index is 1.94. The van der Waals surface area contributed by atoms with Gasteiger partial charge in [-0.2, -0.15) is 0 Å². The molecule has 0 radical (unpaired) electrons. The van der Waals surface area contributed by atoms with E-state index in [1.807, 2.05) is 13.0 Å². The average molecular weight is 359 g/mol. The Morgan fingerprint density at radius 1 is 1.23 bits per heavy atom. The van der Waals surface area contributed by atoms with Gasteiger partial charge in [0.05, 0.1) is 5.56 Å². The van der Waals surface area contributed by atoms with E-state index in [1.54, 1.807) is 24.4 Å². The predicted molar refractivity (Wildman–Crippen MR) is 87.1 cm³/mol. The van der Waals surface area contributed by atoms with Crippen LogP contribution >= 0.6 is 15.9 Å². The van der Waals surface area contributed by atoms with Crippen LogP contribution in [0.5, 0.6) is 0 Å². The van der Waals surface area contributed by atoms with Crippen molar-refractivity contribution in [3.63, 3.8) is 0 Å². The maximum absolute atomic E-state index is 12.2. The van der Waals surface area contributed by atoms with E-state index in [4.69, 9.17) is 4.42 Å². The molecule has 5 nitrogen and oxygen atoms in total. The molecular formula is C16H11BrN2O3. The lowest BCUT2D eigenvalue weighted by Crippen LogP contribution is -2.12. The molecule has 1 aromatic carbocycles. The number of halogens is 1. The van der Waals surface area contributed by atoms with Gasteiger partial charge < -0.3 is 9.73 Å². The number of benzene rings is 1. The number of hydrogen-bond acceptors (Lipinski definition) is 4. The first-order valence-electron chi connectivity index (χ1n) is 6.49. The first-order valence-corrected chi connectivity index (χ1v) is 7.28. The number of rotatable bonds is 2. The fourth-order valence-electron chi connectivity index (χ4n) is 2.14. The van der Waals surface area contributed by atoms with E-state index in [1.165, 1.54) is 12.3 Å². The molecule has 3 aromatic rings. The van der Waals surface area contributed by atoms with E-state index in [9.17, 15) is 9.59 Å². The Kier molecular flexibility index (Phi) is 3.77. The molecule has 0 saturated carbocycles. The molecule has 2 heterocycles. The van der Waals surface area contributed by atoms with Crippen LogP contribution < -0.4 is 10.9 Å². The third-order valence-corrected chi connectivity index (χ3v) is 3.61. The molecule has 1 N–H and O–H groups in total. The van der Waals surface area contributed by atoms with E-state index in [2.05, 4.69) is 26.2 Å². The van der Waals surface area contributed by atoms with Gasteiger partial charge in [-0.05, 0) is 46.6 Å². The number of carbonyl (C=O) groups is 1. The second kappa shape index (κ2) is 5.73. The van der Waals surface area contributed by atoms with Gasteiger partial charge in [0.2, 0.25) is 0 Å². The second-order valence-corrected chi connectivity index (χ2v) is 5.72. The van der Waals surface area contributed by atoms with Crippen molar-refractivity contribution in [2.24, 2.45) is 0 Å². The Labute approximate surface area is 134 Å². The van der Waals surface area contributed by atoms with Crippen molar-refractivity contribution in [3.8, 4) is 0 Å². The summed E-state index contributed by atoms with van der Waals surface area (Å²) >= 11 is 3.27. The quantitative estimate of drug-likeness (QED) is 0.711. The van der Waals surface area contributed by atoms with Crippen molar-refractivity contribution in [3.05, 3.63) is 68.7 Å². The van der Waals surface area contributed by atoms with Crippen molar-refractivity contribution < 1.29 is 9.21 Å². The molecule has 0 aliphatic heterocycles. The smallest absolute Gasteiger partial charge is 0.336 e.